The average molecular weight is 361 g/mol. The molecule has 1 aromatic rings. The first-order valence-electron chi connectivity index (χ1n) is 7.40. The molecule has 1 N–H and O–H groups in total. The quantitative estimate of drug-likeness (QED) is 0.533. The molecule has 1 unspecified atom stereocenters. The third kappa shape index (κ3) is 5.96. The van der Waals surface area contributed by atoms with Crippen molar-refractivity contribution in [1.29, 1.82) is 0 Å². The maximum Gasteiger partial charge on any atom is 0.408 e. The largest absolute Gasteiger partial charge is 0.467 e. The van der Waals surface area contributed by atoms with E-state index in [4.69, 9.17) is 13.8 Å². The minimum absolute atomic E-state index is 0. The minimum Gasteiger partial charge on any atom is -0.467 e. The molecule has 9 heteroatoms. The molecule has 1 atom stereocenters. The van der Waals surface area contributed by atoms with Crippen LogP contribution in [0.4, 0.5) is 4.79 Å². The molecule has 1 amide bonds. The minimum atomic E-state index is -3.94. The highest BCUT2D eigenvalue weighted by Crippen LogP contribution is 2.52. The number of ether oxygens (including phenoxy) is 2. The summed E-state index contributed by atoms with van der Waals surface area (Å²) in [6.45, 7) is 3.24. The molecule has 0 saturated carbocycles. The number of carbonyl (C=O) groups excluding carboxylic acids is 2. The summed E-state index contributed by atoms with van der Waals surface area (Å²) in [6.07, 6.45) is -0.936. The van der Waals surface area contributed by atoms with Gasteiger partial charge in [-0.3, -0.25) is 9.88 Å². The van der Waals surface area contributed by atoms with Gasteiger partial charge in [0, 0.05) is 1.43 Å². The Morgan fingerprint density at radius 2 is 1.75 bits per heavy atom. The highest BCUT2D eigenvalue weighted by atomic mass is 31.2. The van der Waals surface area contributed by atoms with E-state index in [-0.39, 0.29) is 21.2 Å². The Hall–Kier alpha value is -1.89. The van der Waals surface area contributed by atoms with Crippen molar-refractivity contribution >= 4 is 19.7 Å². The summed E-state index contributed by atoms with van der Waals surface area (Å²) in [5.74, 6) is -2.55. The van der Waals surface area contributed by atoms with E-state index in [0.717, 1.165) is 12.7 Å². The lowest BCUT2D eigenvalue weighted by Gasteiger charge is -2.24. The second kappa shape index (κ2) is 10.1. The van der Waals surface area contributed by atoms with Crippen LogP contribution in [0.2, 0.25) is 0 Å². The molecule has 0 aliphatic carbocycles. The van der Waals surface area contributed by atoms with E-state index in [2.05, 4.69) is 10.1 Å². The smallest absolute Gasteiger partial charge is 0.408 e. The molecule has 0 radical (unpaired) electrons. The third-order valence-electron chi connectivity index (χ3n) is 2.83. The van der Waals surface area contributed by atoms with Gasteiger partial charge in [-0.25, -0.2) is 9.59 Å². The van der Waals surface area contributed by atoms with Crippen LogP contribution in [0.5, 0.6) is 0 Å². The van der Waals surface area contributed by atoms with Gasteiger partial charge in [-0.15, -0.1) is 0 Å². The zero-order chi connectivity index (χ0) is 18.0. The Balaban J connectivity index is 0.00000576. The van der Waals surface area contributed by atoms with E-state index in [0.29, 0.717) is 0 Å². The molecule has 136 valence electrons. The van der Waals surface area contributed by atoms with E-state index < -0.39 is 25.4 Å². The summed E-state index contributed by atoms with van der Waals surface area (Å²) >= 11 is 0. The van der Waals surface area contributed by atoms with Gasteiger partial charge in [0.05, 0.1) is 20.3 Å². The summed E-state index contributed by atoms with van der Waals surface area (Å²) in [6, 6.07) is 8.97. The van der Waals surface area contributed by atoms with Crippen molar-refractivity contribution in [3.63, 3.8) is 0 Å². The summed E-state index contributed by atoms with van der Waals surface area (Å²) in [5, 5.41) is 2.20. The maximum atomic E-state index is 12.7. The Morgan fingerprint density at radius 3 is 2.25 bits per heavy atom. The van der Waals surface area contributed by atoms with Crippen molar-refractivity contribution in [2.75, 3.05) is 20.3 Å². The van der Waals surface area contributed by atoms with E-state index in [1.165, 1.54) is 0 Å². The molecular weight excluding hydrogens is 337 g/mol. The molecule has 0 aliphatic heterocycles. The van der Waals surface area contributed by atoms with Crippen molar-refractivity contribution in [3.8, 4) is 0 Å². The Bertz CT molecular complexity index is 575. The zero-order valence-corrected chi connectivity index (χ0v) is 14.8. The standard InChI is InChI=1S/C15H22NO7P.H2/c1-4-22-24(19,23-5-2)13(14(17)20-3)16-15(18)21-11-12-9-7-6-8-10-12;/h6-10,13H,4-5,11H2,1-3H3,(H,16,18);1H. The number of carbonyl (C=O) groups is 2. The summed E-state index contributed by atoms with van der Waals surface area (Å²) in [7, 11) is -2.83. The highest BCUT2D eigenvalue weighted by Gasteiger charge is 2.43. The normalized spacial score (nSPS) is 12.3. The van der Waals surface area contributed by atoms with Crippen LogP contribution in [0.15, 0.2) is 30.3 Å². The predicted octanol–water partition coefficient (Wildman–Crippen LogP) is 2.92. The van der Waals surface area contributed by atoms with E-state index in [1.807, 2.05) is 6.07 Å². The number of alkyl carbamates (subject to hydrolysis) is 1. The predicted molar refractivity (Wildman–Crippen MR) is 88.5 cm³/mol. The molecule has 0 bridgehead atoms. The molecule has 0 fully saturated rings. The number of benzene rings is 1. The molecule has 1 rings (SSSR count). The molecular formula is C15H24NO7P. The zero-order valence-electron chi connectivity index (χ0n) is 13.9. The van der Waals surface area contributed by atoms with Crippen molar-refractivity contribution in [2.45, 2.75) is 26.2 Å². The lowest BCUT2D eigenvalue weighted by molar-refractivity contribution is -0.141. The molecule has 0 aliphatic rings. The summed E-state index contributed by atoms with van der Waals surface area (Å²) < 4.78 is 32.5. The SMILES string of the molecule is CCOP(=O)(OCC)C(NC(=O)OCc1ccccc1)C(=O)OC.[HH]. The fourth-order valence-corrected chi connectivity index (χ4v) is 3.52. The second-order valence-corrected chi connectivity index (χ2v) is 6.62. The van der Waals surface area contributed by atoms with E-state index >= 15 is 0 Å². The van der Waals surface area contributed by atoms with Crippen LogP contribution >= 0.6 is 7.60 Å². The Labute approximate surface area is 142 Å². The van der Waals surface area contributed by atoms with Crippen molar-refractivity contribution in [3.05, 3.63) is 35.9 Å². The van der Waals surface area contributed by atoms with Gasteiger partial charge in [-0.1, -0.05) is 30.3 Å². The van der Waals surface area contributed by atoms with Crippen LogP contribution in [0.3, 0.4) is 0 Å². The van der Waals surface area contributed by atoms with Crippen molar-refractivity contribution in [2.24, 2.45) is 0 Å². The van der Waals surface area contributed by atoms with Crippen LogP contribution in [0, 0.1) is 0 Å². The second-order valence-electron chi connectivity index (χ2n) is 4.51. The van der Waals surface area contributed by atoms with Gasteiger partial charge >= 0.3 is 19.7 Å². The van der Waals surface area contributed by atoms with Crippen LogP contribution in [0.1, 0.15) is 20.8 Å². The summed E-state index contributed by atoms with van der Waals surface area (Å²) in [4.78, 5) is 23.8. The number of rotatable bonds is 9. The number of methoxy groups -OCH3 is 1. The van der Waals surface area contributed by atoms with Gasteiger partial charge in [0.2, 0.25) is 5.78 Å². The van der Waals surface area contributed by atoms with Gasteiger partial charge in [-0.2, -0.15) is 0 Å². The number of nitrogens with one attached hydrogen (secondary N) is 1. The van der Waals surface area contributed by atoms with Crippen LogP contribution < -0.4 is 5.32 Å². The molecule has 8 nitrogen and oxygen atoms in total. The van der Waals surface area contributed by atoms with Gasteiger partial charge in [0.15, 0.2) is 0 Å². The first kappa shape index (κ1) is 20.2. The van der Waals surface area contributed by atoms with Crippen molar-refractivity contribution < 1.29 is 34.1 Å². The van der Waals surface area contributed by atoms with Gasteiger partial charge < -0.3 is 18.5 Å². The van der Waals surface area contributed by atoms with Crippen LogP contribution in [0.25, 0.3) is 0 Å². The molecule has 0 saturated heterocycles. The van der Waals surface area contributed by atoms with Gasteiger partial charge in [0.1, 0.15) is 6.61 Å². The first-order chi connectivity index (χ1) is 11.5. The number of hydrogen-bond donors (Lipinski definition) is 1. The van der Waals surface area contributed by atoms with Gasteiger partial charge in [0.25, 0.3) is 0 Å². The number of hydrogen-bond acceptors (Lipinski definition) is 7. The van der Waals surface area contributed by atoms with E-state index in [9.17, 15) is 14.2 Å². The molecule has 1 aromatic carbocycles. The van der Waals surface area contributed by atoms with Crippen LogP contribution in [-0.2, 0) is 34.5 Å². The topological polar surface area (TPSA) is 100 Å². The number of amides is 1. The molecule has 24 heavy (non-hydrogen) atoms. The lowest BCUT2D eigenvalue weighted by atomic mass is 10.2. The average Bonchev–Trinajstić information content (AvgIpc) is 2.58. The fraction of sp³-hybridized carbons (Fsp3) is 0.467. The third-order valence-corrected chi connectivity index (χ3v) is 5.03. The van der Waals surface area contributed by atoms with Crippen molar-refractivity contribution in [1.82, 2.24) is 5.32 Å². The Morgan fingerprint density at radius 1 is 1.17 bits per heavy atom. The molecule has 0 spiro atoms. The van der Waals surface area contributed by atoms with Gasteiger partial charge in [-0.05, 0) is 19.4 Å². The monoisotopic (exact) mass is 361 g/mol. The molecule has 0 aromatic heterocycles. The lowest BCUT2D eigenvalue weighted by Crippen LogP contribution is -2.42. The van der Waals surface area contributed by atoms with E-state index in [1.54, 1.807) is 38.1 Å². The highest BCUT2D eigenvalue weighted by molar-refractivity contribution is 7.55. The maximum absolute atomic E-state index is 12.7. The summed E-state index contributed by atoms with van der Waals surface area (Å²) in [5.41, 5.74) is 0.764. The fourth-order valence-electron chi connectivity index (χ4n) is 1.80. The van der Waals surface area contributed by atoms with Crippen LogP contribution in [-0.4, -0.2) is 38.2 Å². The first-order valence-corrected chi connectivity index (χ1v) is 9.01. The Kier molecular flexibility index (Phi) is 8.46. The molecule has 0 heterocycles. The number of esters is 1.